The first-order valence-electron chi connectivity index (χ1n) is 3.58. The van der Waals surface area contributed by atoms with E-state index in [1.165, 1.54) is 19.2 Å². The van der Waals surface area contributed by atoms with Gasteiger partial charge in [-0.2, -0.15) is 5.26 Å². The Morgan fingerprint density at radius 2 is 2.29 bits per heavy atom. The van der Waals surface area contributed by atoms with Crippen molar-refractivity contribution in [3.8, 4) is 6.07 Å². The van der Waals surface area contributed by atoms with Gasteiger partial charge in [-0.3, -0.25) is 0 Å². The second kappa shape index (κ2) is 4.37. The van der Waals surface area contributed by atoms with Crippen LogP contribution >= 0.6 is 22.6 Å². The van der Waals surface area contributed by atoms with Gasteiger partial charge >= 0.3 is 5.97 Å². The molecule has 0 heterocycles. The number of nitrogens with zero attached hydrogens (tertiary/aromatic N) is 1. The van der Waals surface area contributed by atoms with Crippen molar-refractivity contribution in [1.29, 1.82) is 5.26 Å². The minimum absolute atomic E-state index is 0.132. The van der Waals surface area contributed by atoms with Crippen LogP contribution in [0.1, 0.15) is 15.9 Å². The Morgan fingerprint density at radius 3 is 2.79 bits per heavy atom. The fourth-order valence-corrected chi connectivity index (χ4v) is 1.49. The van der Waals surface area contributed by atoms with Gasteiger partial charge in [-0.05, 0) is 34.7 Å². The van der Waals surface area contributed by atoms with Gasteiger partial charge in [-0.25, -0.2) is 9.18 Å². The molecule has 1 aromatic carbocycles. The van der Waals surface area contributed by atoms with E-state index in [4.69, 9.17) is 5.26 Å². The molecular formula is C9H5FINO2. The lowest BCUT2D eigenvalue weighted by Crippen LogP contribution is -2.06. The van der Waals surface area contributed by atoms with Crippen LogP contribution in [0.15, 0.2) is 12.1 Å². The Bertz CT molecular complexity index is 426. The Hall–Kier alpha value is -1.16. The van der Waals surface area contributed by atoms with E-state index >= 15 is 0 Å². The van der Waals surface area contributed by atoms with Gasteiger partial charge in [-0.15, -0.1) is 0 Å². The van der Waals surface area contributed by atoms with Gasteiger partial charge in [0.05, 0.1) is 21.8 Å². The molecule has 5 heteroatoms. The summed E-state index contributed by atoms with van der Waals surface area (Å²) < 4.78 is 17.9. The summed E-state index contributed by atoms with van der Waals surface area (Å²) in [6.45, 7) is 0. The average Bonchev–Trinajstić information content (AvgIpc) is 2.21. The topological polar surface area (TPSA) is 50.1 Å². The lowest BCUT2D eigenvalue weighted by Gasteiger charge is -2.03. The van der Waals surface area contributed by atoms with Crippen molar-refractivity contribution in [2.45, 2.75) is 0 Å². The number of hydrogen-bond acceptors (Lipinski definition) is 3. The van der Waals surface area contributed by atoms with Crippen LogP contribution in [0.2, 0.25) is 0 Å². The van der Waals surface area contributed by atoms with Gasteiger partial charge in [0.2, 0.25) is 0 Å². The Labute approximate surface area is 93.6 Å². The number of carbonyl (C=O) groups excluding carboxylic acids is 1. The van der Waals surface area contributed by atoms with Crippen LogP contribution in [-0.4, -0.2) is 13.1 Å². The molecule has 0 saturated heterocycles. The summed E-state index contributed by atoms with van der Waals surface area (Å²) in [7, 11) is 1.17. The Balaban J connectivity index is 3.33. The molecule has 0 bridgehead atoms. The molecule has 0 amide bonds. The van der Waals surface area contributed by atoms with E-state index in [0.29, 0.717) is 0 Å². The fraction of sp³-hybridized carbons (Fsp3) is 0.111. The van der Waals surface area contributed by atoms with Crippen molar-refractivity contribution < 1.29 is 13.9 Å². The predicted molar refractivity (Wildman–Crippen MR) is 55.2 cm³/mol. The molecule has 0 aliphatic heterocycles. The molecule has 0 saturated carbocycles. The Morgan fingerprint density at radius 1 is 1.64 bits per heavy atom. The molecule has 0 atom stereocenters. The van der Waals surface area contributed by atoms with E-state index in [2.05, 4.69) is 4.74 Å². The van der Waals surface area contributed by atoms with Gasteiger partial charge in [0.15, 0.2) is 5.82 Å². The number of carbonyl (C=O) groups is 1. The highest BCUT2D eigenvalue weighted by atomic mass is 127. The van der Waals surface area contributed by atoms with Crippen molar-refractivity contribution >= 4 is 28.6 Å². The molecule has 1 aromatic rings. The van der Waals surface area contributed by atoms with Crippen molar-refractivity contribution in [2.75, 3.05) is 7.11 Å². The quantitative estimate of drug-likeness (QED) is 0.590. The summed E-state index contributed by atoms with van der Waals surface area (Å²) in [6, 6.07) is 4.44. The van der Waals surface area contributed by atoms with Crippen LogP contribution in [0.4, 0.5) is 4.39 Å². The maximum Gasteiger partial charge on any atom is 0.340 e. The molecule has 0 aliphatic carbocycles. The molecule has 72 valence electrons. The first-order valence-corrected chi connectivity index (χ1v) is 4.66. The number of halogens is 2. The maximum absolute atomic E-state index is 13.4. The second-order valence-electron chi connectivity index (χ2n) is 2.39. The minimum atomic E-state index is -0.745. The zero-order valence-corrected chi connectivity index (χ0v) is 9.33. The average molecular weight is 305 g/mol. The van der Waals surface area contributed by atoms with Crippen LogP contribution < -0.4 is 0 Å². The van der Waals surface area contributed by atoms with E-state index in [1.54, 1.807) is 22.6 Å². The van der Waals surface area contributed by atoms with Crippen LogP contribution in [0.3, 0.4) is 0 Å². The second-order valence-corrected chi connectivity index (χ2v) is 3.47. The lowest BCUT2D eigenvalue weighted by atomic mass is 10.1. The van der Waals surface area contributed by atoms with Crippen molar-refractivity contribution in [1.82, 2.24) is 0 Å². The minimum Gasteiger partial charge on any atom is -0.465 e. The third-order valence-corrected chi connectivity index (χ3v) is 2.66. The standard InChI is InChI=1S/C9H5FINO2/c1-14-9(13)6-3-2-5(4-12)8(11)7(6)10/h2-3H,1H3. The zero-order valence-electron chi connectivity index (χ0n) is 7.17. The van der Waals surface area contributed by atoms with Crippen molar-refractivity contribution in [3.05, 3.63) is 32.6 Å². The third-order valence-electron chi connectivity index (χ3n) is 1.61. The van der Waals surface area contributed by atoms with Crippen molar-refractivity contribution in [3.63, 3.8) is 0 Å². The summed E-state index contributed by atoms with van der Waals surface area (Å²) in [4.78, 5) is 11.0. The molecule has 14 heavy (non-hydrogen) atoms. The summed E-state index contributed by atoms with van der Waals surface area (Å²) >= 11 is 1.67. The highest BCUT2D eigenvalue weighted by Gasteiger charge is 2.16. The first-order chi connectivity index (χ1) is 6.61. The SMILES string of the molecule is COC(=O)c1ccc(C#N)c(I)c1F. The van der Waals surface area contributed by atoms with Crippen molar-refractivity contribution in [2.24, 2.45) is 0 Å². The largest absolute Gasteiger partial charge is 0.465 e. The fourth-order valence-electron chi connectivity index (χ4n) is 0.903. The maximum atomic E-state index is 13.4. The van der Waals surface area contributed by atoms with E-state index in [9.17, 15) is 9.18 Å². The van der Waals surface area contributed by atoms with Gasteiger partial charge in [0, 0.05) is 0 Å². The van der Waals surface area contributed by atoms with Gasteiger partial charge < -0.3 is 4.74 Å². The van der Waals surface area contributed by atoms with Crippen LogP contribution in [0, 0.1) is 20.7 Å². The molecule has 1 rings (SSSR count). The monoisotopic (exact) mass is 305 g/mol. The number of methoxy groups -OCH3 is 1. The summed E-state index contributed by atoms with van der Waals surface area (Å²) in [5.74, 6) is -1.46. The number of benzene rings is 1. The lowest BCUT2D eigenvalue weighted by molar-refractivity contribution is 0.0595. The summed E-state index contributed by atoms with van der Waals surface area (Å²) in [6.07, 6.45) is 0. The van der Waals surface area contributed by atoms with Gasteiger partial charge in [-0.1, -0.05) is 0 Å². The van der Waals surface area contributed by atoms with E-state index in [1.807, 2.05) is 6.07 Å². The third kappa shape index (κ3) is 1.85. The highest BCUT2D eigenvalue weighted by Crippen LogP contribution is 2.19. The molecule has 0 radical (unpaired) electrons. The molecule has 0 spiro atoms. The number of rotatable bonds is 1. The normalized spacial score (nSPS) is 9.29. The smallest absolute Gasteiger partial charge is 0.340 e. The van der Waals surface area contributed by atoms with E-state index < -0.39 is 11.8 Å². The van der Waals surface area contributed by atoms with E-state index in [-0.39, 0.29) is 14.7 Å². The van der Waals surface area contributed by atoms with E-state index in [0.717, 1.165) is 0 Å². The molecule has 0 aliphatic rings. The molecule has 0 N–H and O–H groups in total. The highest BCUT2D eigenvalue weighted by molar-refractivity contribution is 14.1. The summed E-state index contributed by atoms with van der Waals surface area (Å²) in [5.41, 5.74) is 0.0478. The van der Waals surface area contributed by atoms with Crippen LogP contribution in [0.25, 0.3) is 0 Å². The zero-order chi connectivity index (χ0) is 10.7. The number of nitriles is 1. The van der Waals surface area contributed by atoms with Crippen LogP contribution in [-0.2, 0) is 4.74 Å². The van der Waals surface area contributed by atoms with Gasteiger partial charge in [0.25, 0.3) is 0 Å². The van der Waals surface area contributed by atoms with Gasteiger partial charge in [0.1, 0.15) is 6.07 Å². The summed E-state index contributed by atoms with van der Waals surface area (Å²) in [5, 5.41) is 8.59. The number of ether oxygens (including phenoxy) is 1. The number of esters is 1. The molecule has 0 unspecified atom stereocenters. The Kier molecular flexibility index (Phi) is 3.41. The molecule has 3 nitrogen and oxygen atoms in total. The first kappa shape index (κ1) is 10.9. The number of hydrogen-bond donors (Lipinski definition) is 0. The van der Waals surface area contributed by atoms with Crippen LogP contribution in [0.5, 0.6) is 0 Å². The molecule has 0 aromatic heterocycles. The molecule has 0 fully saturated rings. The predicted octanol–water partition coefficient (Wildman–Crippen LogP) is 2.09. The molecular weight excluding hydrogens is 300 g/mol.